The number of ether oxygens (including phenoxy) is 1. The molecule has 0 heterocycles. The summed E-state index contributed by atoms with van der Waals surface area (Å²) in [5.74, 6) is 0.375. The first-order valence-electron chi connectivity index (χ1n) is 4.57. The van der Waals surface area contributed by atoms with Crippen LogP contribution < -0.4 is 4.74 Å². The fourth-order valence-electron chi connectivity index (χ4n) is 1.06. The molecule has 4 heteroatoms. The van der Waals surface area contributed by atoms with E-state index in [9.17, 15) is 9.90 Å². The maximum atomic E-state index is 10.5. The predicted octanol–water partition coefficient (Wildman–Crippen LogP) is 2.74. The molecule has 1 aromatic carbocycles. The van der Waals surface area contributed by atoms with E-state index >= 15 is 0 Å². The van der Waals surface area contributed by atoms with Crippen molar-refractivity contribution in [2.75, 3.05) is 6.61 Å². The first-order chi connectivity index (χ1) is 7.63. The maximum Gasteiger partial charge on any atom is 0.245 e. The number of allylic oxidation sites excluding steroid dienone is 1. The van der Waals surface area contributed by atoms with Crippen LogP contribution in [0.25, 0.3) is 6.08 Å². The van der Waals surface area contributed by atoms with Crippen LogP contribution >= 0.6 is 11.6 Å². The number of halogens is 1. The van der Waals surface area contributed by atoms with Gasteiger partial charge < -0.3 is 9.84 Å². The fraction of sp³-hybridized carbons (Fsp3) is 0.0833. The summed E-state index contributed by atoms with van der Waals surface area (Å²) in [5.41, 5.74) is 0.714. The molecule has 1 aromatic rings. The highest BCUT2D eigenvalue weighted by atomic mass is 35.5. The molecule has 0 amide bonds. The summed E-state index contributed by atoms with van der Waals surface area (Å²) in [6.45, 7) is 3.81. The Morgan fingerprint density at radius 1 is 1.56 bits per heavy atom. The van der Waals surface area contributed by atoms with Gasteiger partial charge in [-0.2, -0.15) is 0 Å². The lowest BCUT2D eigenvalue weighted by atomic mass is 10.2. The molecule has 16 heavy (non-hydrogen) atoms. The zero-order valence-corrected chi connectivity index (χ0v) is 9.28. The maximum absolute atomic E-state index is 10.5. The molecule has 0 aliphatic rings. The van der Waals surface area contributed by atoms with Crippen LogP contribution in [0.3, 0.4) is 0 Å². The Balaban J connectivity index is 2.88. The number of rotatable bonds is 5. The lowest BCUT2D eigenvalue weighted by molar-refractivity contribution is -0.107. The van der Waals surface area contributed by atoms with Crippen LogP contribution in [0, 0.1) is 0 Å². The van der Waals surface area contributed by atoms with Gasteiger partial charge in [0.15, 0.2) is 11.5 Å². The highest BCUT2D eigenvalue weighted by Crippen LogP contribution is 2.27. The van der Waals surface area contributed by atoms with Gasteiger partial charge in [-0.25, -0.2) is 0 Å². The highest BCUT2D eigenvalue weighted by molar-refractivity contribution is 6.66. The molecule has 0 unspecified atom stereocenters. The van der Waals surface area contributed by atoms with Gasteiger partial charge in [0.25, 0.3) is 0 Å². The lowest BCUT2D eigenvalue weighted by Gasteiger charge is -2.06. The smallest absolute Gasteiger partial charge is 0.245 e. The van der Waals surface area contributed by atoms with Gasteiger partial charge in [-0.05, 0) is 35.4 Å². The van der Waals surface area contributed by atoms with E-state index in [1.165, 1.54) is 18.2 Å². The van der Waals surface area contributed by atoms with E-state index in [-0.39, 0.29) is 5.75 Å². The molecular weight excluding hydrogens is 228 g/mol. The van der Waals surface area contributed by atoms with Crippen molar-refractivity contribution in [2.45, 2.75) is 0 Å². The lowest BCUT2D eigenvalue weighted by Crippen LogP contribution is -1.93. The van der Waals surface area contributed by atoms with E-state index in [1.54, 1.807) is 18.2 Å². The third kappa shape index (κ3) is 3.79. The van der Waals surface area contributed by atoms with E-state index in [0.29, 0.717) is 17.9 Å². The summed E-state index contributed by atoms with van der Waals surface area (Å²) < 4.78 is 5.21. The Labute approximate surface area is 98.6 Å². The van der Waals surface area contributed by atoms with Gasteiger partial charge in [0.1, 0.15) is 6.61 Å². The molecule has 0 spiro atoms. The van der Waals surface area contributed by atoms with Crippen molar-refractivity contribution in [3.63, 3.8) is 0 Å². The van der Waals surface area contributed by atoms with Gasteiger partial charge in [-0.3, -0.25) is 4.79 Å². The minimum absolute atomic E-state index is 0.0381. The third-order valence-corrected chi connectivity index (χ3v) is 1.87. The molecule has 0 aliphatic heterocycles. The Hall–Kier alpha value is -1.74. The second kappa shape index (κ2) is 5.98. The van der Waals surface area contributed by atoms with Crippen LogP contribution in [-0.2, 0) is 4.79 Å². The second-order valence-corrected chi connectivity index (χ2v) is 3.34. The molecule has 0 bridgehead atoms. The fourth-order valence-corrected chi connectivity index (χ4v) is 1.12. The summed E-state index contributed by atoms with van der Waals surface area (Å²) >= 11 is 5.16. The molecule has 0 aromatic heterocycles. The van der Waals surface area contributed by atoms with E-state index in [2.05, 4.69) is 6.58 Å². The number of carbonyl (C=O) groups excluding carboxylic acids is 1. The number of aromatic hydroxyl groups is 1. The number of hydrogen-bond donors (Lipinski definition) is 1. The van der Waals surface area contributed by atoms with E-state index < -0.39 is 5.24 Å². The summed E-state index contributed by atoms with van der Waals surface area (Å²) in [6, 6.07) is 4.73. The van der Waals surface area contributed by atoms with Crippen LogP contribution in [0.4, 0.5) is 0 Å². The van der Waals surface area contributed by atoms with Crippen LogP contribution in [0.2, 0.25) is 0 Å². The molecule has 0 atom stereocenters. The predicted molar refractivity (Wildman–Crippen MR) is 63.7 cm³/mol. The Bertz CT molecular complexity index is 424. The summed E-state index contributed by atoms with van der Waals surface area (Å²) in [4.78, 5) is 10.5. The SMILES string of the molecule is C=CCOc1cc(/C=C/C(=O)Cl)ccc1O. The molecule has 0 aliphatic carbocycles. The number of benzene rings is 1. The van der Waals surface area contributed by atoms with Gasteiger partial charge in [0, 0.05) is 0 Å². The molecular formula is C12H11ClO3. The molecule has 84 valence electrons. The van der Waals surface area contributed by atoms with Crippen LogP contribution in [-0.4, -0.2) is 17.0 Å². The first kappa shape index (κ1) is 12.3. The zero-order valence-electron chi connectivity index (χ0n) is 8.52. The number of phenols is 1. The van der Waals surface area contributed by atoms with Gasteiger partial charge >= 0.3 is 0 Å². The van der Waals surface area contributed by atoms with Crippen molar-refractivity contribution < 1.29 is 14.6 Å². The van der Waals surface area contributed by atoms with Crippen LogP contribution in [0.1, 0.15) is 5.56 Å². The molecule has 0 saturated carbocycles. The normalized spacial score (nSPS) is 10.3. The number of carbonyl (C=O) groups is 1. The Morgan fingerprint density at radius 2 is 2.31 bits per heavy atom. The van der Waals surface area contributed by atoms with Crippen molar-refractivity contribution in [1.82, 2.24) is 0 Å². The van der Waals surface area contributed by atoms with E-state index in [4.69, 9.17) is 16.3 Å². The van der Waals surface area contributed by atoms with Crippen molar-refractivity contribution in [3.8, 4) is 11.5 Å². The Morgan fingerprint density at radius 3 is 2.94 bits per heavy atom. The minimum atomic E-state index is -0.554. The second-order valence-electron chi connectivity index (χ2n) is 2.96. The number of phenolic OH excluding ortho intramolecular Hbond substituents is 1. The molecule has 1 N–H and O–H groups in total. The largest absolute Gasteiger partial charge is 0.504 e. The highest BCUT2D eigenvalue weighted by Gasteiger charge is 2.01. The average Bonchev–Trinajstić information content (AvgIpc) is 2.26. The topological polar surface area (TPSA) is 46.5 Å². The number of hydrogen-bond acceptors (Lipinski definition) is 3. The zero-order chi connectivity index (χ0) is 12.0. The van der Waals surface area contributed by atoms with Gasteiger partial charge in [-0.15, -0.1) is 0 Å². The molecule has 1 rings (SSSR count). The van der Waals surface area contributed by atoms with Crippen molar-refractivity contribution in [2.24, 2.45) is 0 Å². The summed E-state index contributed by atoms with van der Waals surface area (Å²) in [7, 11) is 0. The quantitative estimate of drug-likeness (QED) is 0.487. The average molecular weight is 239 g/mol. The molecule has 0 fully saturated rings. The van der Waals surface area contributed by atoms with Crippen molar-refractivity contribution >= 4 is 22.9 Å². The first-order valence-corrected chi connectivity index (χ1v) is 4.95. The molecule has 0 radical (unpaired) electrons. The minimum Gasteiger partial charge on any atom is -0.504 e. The standard InChI is InChI=1S/C12H11ClO3/c1-2-7-16-11-8-9(3-5-10(11)14)4-6-12(13)15/h2-6,8,14H,1,7H2/b6-4+. The monoisotopic (exact) mass is 238 g/mol. The third-order valence-electron chi connectivity index (χ3n) is 1.75. The van der Waals surface area contributed by atoms with Gasteiger partial charge in [0.2, 0.25) is 5.24 Å². The molecule has 3 nitrogen and oxygen atoms in total. The summed E-state index contributed by atoms with van der Waals surface area (Å²) in [5, 5.41) is 8.91. The van der Waals surface area contributed by atoms with E-state index in [0.717, 1.165) is 0 Å². The van der Waals surface area contributed by atoms with Gasteiger partial charge in [0.05, 0.1) is 0 Å². The molecule has 0 saturated heterocycles. The van der Waals surface area contributed by atoms with Crippen LogP contribution in [0.5, 0.6) is 11.5 Å². The van der Waals surface area contributed by atoms with Crippen LogP contribution in [0.15, 0.2) is 36.9 Å². The Kier molecular flexibility index (Phi) is 4.61. The van der Waals surface area contributed by atoms with Gasteiger partial charge in [-0.1, -0.05) is 24.8 Å². The van der Waals surface area contributed by atoms with E-state index in [1.807, 2.05) is 0 Å². The van der Waals surface area contributed by atoms with Crippen molar-refractivity contribution in [3.05, 3.63) is 42.5 Å². The summed E-state index contributed by atoms with van der Waals surface area (Å²) in [6.07, 6.45) is 4.34. The van der Waals surface area contributed by atoms with Crippen molar-refractivity contribution in [1.29, 1.82) is 0 Å².